The van der Waals surface area contributed by atoms with Gasteiger partial charge in [0.05, 0.1) is 26.2 Å². The Morgan fingerprint density at radius 2 is 2.07 bits per heavy atom. The first-order chi connectivity index (χ1) is 13.1. The molecule has 0 radical (unpaired) electrons. The zero-order chi connectivity index (χ0) is 19.0. The summed E-state index contributed by atoms with van der Waals surface area (Å²) in [5.74, 6) is 1.49. The lowest BCUT2D eigenvalue weighted by Crippen LogP contribution is -2.34. The van der Waals surface area contributed by atoms with Crippen LogP contribution in [0.2, 0.25) is 0 Å². The van der Waals surface area contributed by atoms with Crippen molar-refractivity contribution in [1.29, 1.82) is 5.26 Å². The van der Waals surface area contributed by atoms with E-state index in [2.05, 4.69) is 16.0 Å². The molecular formula is C21H23N3O3. The van der Waals surface area contributed by atoms with Crippen LogP contribution in [0.4, 0.5) is 0 Å². The van der Waals surface area contributed by atoms with Gasteiger partial charge < -0.3 is 14.5 Å². The Labute approximate surface area is 158 Å². The summed E-state index contributed by atoms with van der Waals surface area (Å²) in [6, 6.07) is 11.9. The minimum absolute atomic E-state index is 0.0454. The molecule has 1 aromatic carbocycles. The van der Waals surface area contributed by atoms with E-state index in [0.29, 0.717) is 6.54 Å². The van der Waals surface area contributed by atoms with Crippen LogP contribution in [0.15, 0.2) is 41.3 Å². The molecule has 2 aliphatic rings. The molecule has 4 rings (SSSR count). The van der Waals surface area contributed by atoms with Gasteiger partial charge in [0.2, 0.25) is 5.56 Å². The van der Waals surface area contributed by atoms with Gasteiger partial charge >= 0.3 is 0 Å². The van der Waals surface area contributed by atoms with Gasteiger partial charge in [-0.15, -0.1) is 0 Å². The van der Waals surface area contributed by atoms with Crippen LogP contribution in [0.3, 0.4) is 0 Å². The van der Waals surface area contributed by atoms with Crippen LogP contribution in [0.5, 0.6) is 11.5 Å². The number of rotatable bonds is 5. The Hall–Kier alpha value is -2.78. The first kappa shape index (κ1) is 17.6. The lowest BCUT2D eigenvalue weighted by molar-refractivity contribution is 0.208. The number of ether oxygens (including phenoxy) is 2. The number of nitrogens with one attached hydrogen (secondary N) is 1. The molecule has 1 aromatic heterocycles. The number of methoxy groups -OCH3 is 2. The topological polar surface area (TPSA) is 78.4 Å². The number of hydrogen-bond acceptors (Lipinski definition) is 5. The normalized spacial score (nSPS) is 23.1. The second-order valence-electron chi connectivity index (χ2n) is 7.36. The predicted octanol–water partition coefficient (Wildman–Crippen LogP) is 2.66. The lowest BCUT2D eigenvalue weighted by atomic mass is 9.85. The minimum Gasteiger partial charge on any atom is -0.497 e. The number of benzene rings is 1. The fourth-order valence-electron chi connectivity index (χ4n) is 4.46. The van der Waals surface area contributed by atoms with Crippen LogP contribution >= 0.6 is 0 Å². The number of pyridine rings is 1. The van der Waals surface area contributed by atoms with E-state index in [1.165, 1.54) is 0 Å². The molecular weight excluding hydrogens is 342 g/mol. The van der Waals surface area contributed by atoms with E-state index in [1.54, 1.807) is 26.5 Å². The summed E-state index contributed by atoms with van der Waals surface area (Å²) in [4.78, 5) is 16.8. The van der Waals surface area contributed by atoms with Crippen molar-refractivity contribution < 1.29 is 9.47 Å². The fraction of sp³-hybridized carbons (Fsp3) is 0.429. The highest BCUT2D eigenvalue weighted by atomic mass is 16.5. The third-order valence-corrected chi connectivity index (χ3v) is 6.01. The van der Waals surface area contributed by atoms with Crippen LogP contribution in [0.25, 0.3) is 0 Å². The van der Waals surface area contributed by atoms with E-state index < -0.39 is 0 Å². The van der Waals surface area contributed by atoms with E-state index >= 15 is 0 Å². The van der Waals surface area contributed by atoms with E-state index in [1.807, 2.05) is 24.3 Å². The van der Waals surface area contributed by atoms with E-state index in [4.69, 9.17) is 9.47 Å². The predicted molar refractivity (Wildman–Crippen MR) is 101 cm³/mol. The minimum atomic E-state index is -0.121. The second-order valence-corrected chi connectivity index (χ2v) is 7.36. The van der Waals surface area contributed by atoms with Gasteiger partial charge in [-0.2, -0.15) is 5.26 Å². The SMILES string of the molecule is COc1ccc(CN2C[C@@H](c3cc[nH]c(=O)c3)[C@H](C#N)C23CC3)c(OC)c1. The highest BCUT2D eigenvalue weighted by Crippen LogP contribution is 2.58. The van der Waals surface area contributed by atoms with E-state index in [9.17, 15) is 10.1 Å². The summed E-state index contributed by atoms with van der Waals surface area (Å²) >= 11 is 0. The van der Waals surface area contributed by atoms with Crippen molar-refractivity contribution in [2.45, 2.75) is 30.8 Å². The molecule has 1 saturated carbocycles. The van der Waals surface area contributed by atoms with Crippen molar-refractivity contribution >= 4 is 0 Å². The van der Waals surface area contributed by atoms with Crippen molar-refractivity contribution in [3.8, 4) is 17.6 Å². The number of H-pyrrole nitrogens is 1. The Kier molecular flexibility index (Phi) is 4.40. The number of aromatic nitrogens is 1. The molecule has 0 unspecified atom stereocenters. The summed E-state index contributed by atoms with van der Waals surface area (Å²) in [5, 5.41) is 9.89. The molecule has 1 saturated heterocycles. The van der Waals surface area contributed by atoms with Crippen LogP contribution in [-0.4, -0.2) is 36.2 Å². The summed E-state index contributed by atoms with van der Waals surface area (Å²) in [6.07, 6.45) is 3.70. The third kappa shape index (κ3) is 2.98. The van der Waals surface area contributed by atoms with Crippen molar-refractivity contribution in [2.24, 2.45) is 5.92 Å². The maximum absolute atomic E-state index is 11.8. The summed E-state index contributed by atoms with van der Waals surface area (Å²) in [7, 11) is 3.30. The molecule has 6 heteroatoms. The van der Waals surface area contributed by atoms with Crippen LogP contribution in [0.1, 0.15) is 29.9 Å². The maximum Gasteiger partial charge on any atom is 0.248 e. The molecule has 0 amide bonds. The van der Waals surface area contributed by atoms with Gasteiger partial charge in [-0.25, -0.2) is 0 Å². The summed E-state index contributed by atoms with van der Waals surface area (Å²) in [6.45, 7) is 1.47. The van der Waals surface area contributed by atoms with Crippen LogP contribution in [0, 0.1) is 17.2 Å². The number of likely N-dealkylation sites (tertiary alicyclic amines) is 1. The van der Waals surface area contributed by atoms with E-state index in [0.717, 1.165) is 42.0 Å². The van der Waals surface area contributed by atoms with Gasteiger partial charge in [0.25, 0.3) is 0 Å². The number of nitriles is 1. The molecule has 0 bridgehead atoms. The fourth-order valence-corrected chi connectivity index (χ4v) is 4.46. The van der Waals surface area contributed by atoms with Gasteiger partial charge in [0.15, 0.2) is 0 Å². The van der Waals surface area contributed by atoms with E-state index in [-0.39, 0.29) is 22.9 Å². The van der Waals surface area contributed by atoms with Gasteiger partial charge in [-0.3, -0.25) is 9.69 Å². The molecule has 1 spiro atoms. The molecule has 2 fully saturated rings. The standard InChI is InChI=1S/C21H23N3O3/c1-26-16-4-3-15(19(10-16)27-2)12-24-13-17(14-5-8-23-20(25)9-14)18(11-22)21(24)6-7-21/h3-5,8-10,17-18H,6-7,12-13H2,1-2H3,(H,23,25)/t17-,18-/m0/s1. The van der Waals surface area contributed by atoms with Gasteiger partial charge in [-0.1, -0.05) is 6.07 Å². The summed E-state index contributed by atoms with van der Waals surface area (Å²) in [5.41, 5.74) is 1.81. The molecule has 2 aromatic rings. The third-order valence-electron chi connectivity index (χ3n) is 6.01. The Balaban J connectivity index is 1.65. The van der Waals surface area contributed by atoms with Crippen molar-refractivity contribution in [2.75, 3.05) is 20.8 Å². The molecule has 1 N–H and O–H groups in total. The Morgan fingerprint density at radius 1 is 1.26 bits per heavy atom. The molecule has 6 nitrogen and oxygen atoms in total. The van der Waals surface area contributed by atoms with Crippen molar-refractivity contribution in [1.82, 2.24) is 9.88 Å². The molecule has 1 aliphatic carbocycles. The average Bonchev–Trinajstić information content (AvgIpc) is 3.42. The quantitative estimate of drug-likeness (QED) is 0.881. The molecule has 140 valence electrons. The summed E-state index contributed by atoms with van der Waals surface area (Å²) < 4.78 is 10.8. The number of aromatic amines is 1. The van der Waals surface area contributed by atoms with Crippen LogP contribution in [-0.2, 0) is 6.54 Å². The first-order valence-corrected chi connectivity index (χ1v) is 9.15. The maximum atomic E-state index is 11.8. The van der Waals surface area contributed by atoms with Gasteiger partial charge in [-0.05, 0) is 30.5 Å². The van der Waals surface area contributed by atoms with Gasteiger partial charge in [0, 0.05) is 48.4 Å². The Bertz CT molecular complexity index is 942. The smallest absolute Gasteiger partial charge is 0.248 e. The van der Waals surface area contributed by atoms with Gasteiger partial charge in [0.1, 0.15) is 11.5 Å². The zero-order valence-corrected chi connectivity index (χ0v) is 15.6. The average molecular weight is 365 g/mol. The lowest BCUT2D eigenvalue weighted by Gasteiger charge is -2.26. The first-order valence-electron chi connectivity index (χ1n) is 9.15. The zero-order valence-electron chi connectivity index (χ0n) is 15.6. The Morgan fingerprint density at radius 3 is 2.70 bits per heavy atom. The van der Waals surface area contributed by atoms with Crippen LogP contribution < -0.4 is 15.0 Å². The molecule has 1 aliphatic heterocycles. The number of nitrogens with zero attached hydrogens (tertiary/aromatic N) is 2. The second kappa shape index (κ2) is 6.75. The molecule has 2 atom stereocenters. The van der Waals surface area contributed by atoms with Crippen molar-refractivity contribution in [3.63, 3.8) is 0 Å². The largest absolute Gasteiger partial charge is 0.497 e. The van der Waals surface area contributed by atoms with Crippen molar-refractivity contribution in [3.05, 3.63) is 58.0 Å². The highest BCUT2D eigenvalue weighted by Gasteiger charge is 2.61. The number of hydrogen-bond donors (Lipinski definition) is 1. The monoisotopic (exact) mass is 365 g/mol. The molecule has 2 heterocycles. The molecule has 27 heavy (non-hydrogen) atoms. The highest BCUT2D eigenvalue weighted by molar-refractivity contribution is 5.41.